The zero-order valence-electron chi connectivity index (χ0n) is 11.1. The quantitative estimate of drug-likeness (QED) is 0.859. The molecule has 0 atom stereocenters. The van der Waals surface area contributed by atoms with Gasteiger partial charge in [0.05, 0.1) is 10.6 Å². The minimum atomic E-state index is 0.0145. The summed E-state index contributed by atoms with van der Waals surface area (Å²) in [6.07, 6.45) is 0. The molecule has 2 heterocycles. The molecule has 0 unspecified atom stereocenters. The molecule has 0 aliphatic rings. The number of thiophene rings is 1. The summed E-state index contributed by atoms with van der Waals surface area (Å²) in [4.78, 5) is 12.7. The van der Waals surface area contributed by atoms with Crippen molar-refractivity contribution in [3.63, 3.8) is 0 Å². The Morgan fingerprint density at radius 3 is 2.95 bits per heavy atom. The number of thioether (sulfide) groups is 1. The normalized spacial score (nSPS) is 10.9. The Labute approximate surface area is 120 Å². The van der Waals surface area contributed by atoms with Crippen molar-refractivity contribution in [1.82, 2.24) is 20.1 Å². The molecule has 5 nitrogen and oxygen atoms in total. The van der Waals surface area contributed by atoms with Gasteiger partial charge in [0.25, 0.3) is 0 Å². The van der Waals surface area contributed by atoms with Gasteiger partial charge in [-0.1, -0.05) is 17.8 Å². The van der Waals surface area contributed by atoms with Crippen molar-refractivity contribution in [2.75, 3.05) is 5.75 Å². The van der Waals surface area contributed by atoms with Crippen LogP contribution in [0.5, 0.6) is 0 Å². The predicted octanol–water partition coefficient (Wildman–Crippen LogP) is 2.16. The fourth-order valence-corrected chi connectivity index (χ4v) is 3.02. The van der Waals surface area contributed by atoms with Crippen molar-refractivity contribution in [1.29, 1.82) is 0 Å². The largest absolute Gasteiger partial charge is 0.353 e. The monoisotopic (exact) mass is 296 g/mol. The van der Waals surface area contributed by atoms with Crippen molar-refractivity contribution in [3.8, 4) is 10.7 Å². The maximum atomic E-state index is 11.6. The molecule has 0 saturated heterocycles. The smallest absolute Gasteiger partial charge is 0.230 e. The Morgan fingerprint density at radius 2 is 2.32 bits per heavy atom. The van der Waals surface area contributed by atoms with E-state index in [2.05, 4.69) is 15.5 Å². The predicted molar refractivity (Wildman–Crippen MR) is 78.3 cm³/mol. The summed E-state index contributed by atoms with van der Waals surface area (Å²) in [7, 11) is 1.91. The highest BCUT2D eigenvalue weighted by atomic mass is 32.2. The average molecular weight is 296 g/mol. The number of carbonyl (C=O) groups is 1. The molecule has 0 spiro atoms. The van der Waals surface area contributed by atoms with Crippen LogP contribution in [0.2, 0.25) is 0 Å². The third kappa shape index (κ3) is 3.57. The Hall–Kier alpha value is -1.34. The first-order chi connectivity index (χ1) is 9.08. The topological polar surface area (TPSA) is 59.8 Å². The number of aromatic nitrogens is 3. The molecule has 0 aliphatic heterocycles. The minimum absolute atomic E-state index is 0.0145. The van der Waals surface area contributed by atoms with Gasteiger partial charge in [0.2, 0.25) is 5.91 Å². The van der Waals surface area contributed by atoms with Gasteiger partial charge in [0, 0.05) is 13.1 Å². The Kier molecular flexibility index (Phi) is 4.60. The fourth-order valence-electron chi connectivity index (χ4n) is 1.55. The van der Waals surface area contributed by atoms with E-state index in [4.69, 9.17) is 0 Å². The lowest BCUT2D eigenvalue weighted by Crippen LogP contribution is -2.31. The molecule has 2 aromatic heterocycles. The molecule has 0 radical (unpaired) electrons. The van der Waals surface area contributed by atoms with Crippen LogP contribution >= 0.6 is 23.1 Å². The van der Waals surface area contributed by atoms with Crippen LogP contribution in [0.15, 0.2) is 22.7 Å². The van der Waals surface area contributed by atoms with Gasteiger partial charge in [-0.15, -0.1) is 21.5 Å². The third-order valence-corrected chi connectivity index (χ3v) is 4.24. The van der Waals surface area contributed by atoms with E-state index in [-0.39, 0.29) is 11.9 Å². The lowest BCUT2D eigenvalue weighted by atomic mass is 10.4. The molecule has 0 bridgehead atoms. The zero-order chi connectivity index (χ0) is 13.8. The minimum Gasteiger partial charge on any atom is -0.353 e. The first-order valence-electron chi connectivity index (χ1n) is 5.93. The second kappa shape index (κ2) is 6.21. The summed E-state index contributed by atoms with van der Waals surface area (Å²) >= 11 is 3.02. The second-order valence-corrected chi connectivity index (χ2v) is 6.24. The van der Waals surface area contributed by atoms with Crippen LogP contribution in [0.25, 0.3) is 10.7 Å². The summed E-state index contributed by atoms with van der Waals surface area (Å²) in [5.41, 5.74) is 0. The number of rotatable bonds is 5. The van der Waals surface area contributed by atoms with Crippen molar-refractivity contribution in [3.05, 3.63) is 17.5 Å². The lowest BCUT2D eigenvalue weighted by molar-refractivity contribution is -0.119. The number of nitrogens with zero attached hydrogens (tertiary/aromatic N) is 3. The molecule has 0 aromatic carbocycles. The zero-order valence-corrected chi connectivity index (χ0v) is 12.7. The molecule has 0 aliphatic carbocycles. The molecule has 1 amide bonds. The molecular weight excluding hydrogens is 280 g/mol. The van der Waals surface area contributed by atoms with Crippen molar-refractivity contribution < 1.29 is 4.79 Å². The molecule has 7 heteroatoms. The van der Waals surface area contributed by atoms with Gasteiger partial charge in [-0.05, 0) is 25.3 Å². The van der Waals surface area contributed by atoms with E-state index in [1.165, 1.54) is 11.8 Å². The fraction of sp³-hybridized carbons (Fsp3) is 0.417. The van der Waals surface area contributed by atoms with Gasteiger partial charge in [0.1, 0.15) is 0 Å². The first-order valence-corrected chi connectivity index (χ1v) is 7.80. The molecule has 19 heavy (non-hydrogen) atoms. The maximum absolute atomic E-state index is 11.6. The molecule has 0 saturated carbocycles. The van der Waals surface area contributed by atoms with Crippen LogP contribution in [0, 0.1) is 0 Å². The van der Waals surface area contributed by atoms with Crippen LogP contribution in [-0.4, -0.2) is 32.5 Å². The van der Waals surface area contributed by atoms with Gasteiger partial charge in [-0.3, -0.25) is 4.79 Å². The standard InChI is InChI=1S/C12H16N4OS2/c1-8(2)13-10(17)7-19-12-15-14-11(16(12)3)9-5-4-6-18-9/h4-6,8H,7H2,1-3H3,(H,13,17). The van der Waals surface area contributed by atoms with Crippen molar-refractivity contribution in [2.24, 2.45) is 7.05 Å². The van der Waals surface area contributed by atoms with Crippen LogP contribution in [0.3, 0.4) is 0 Å². The average Bonchev–Trinajstić information content (AvgIpc) is 2.95. The summed E-state index contributed by atoms with van der Waals surface area (Å²) in [5, 5.41) is 13.9. The van der Waals surface area contributed by atoms with Gasteiger partial charge in [-0.25, -0.2) is 0 Å². The third-order valence-electron chi connectivity index (χ3n) is 2.36. The Bertz CT molecular complexity index is 548. The van der Waals surface area contributed by atoms with E-state index < -0.39 is 0 Å². The second-order valence-electron chi connectivity index (χ2n) is 4.35. The number of hydrogen-bond acceptors (Lipinski definition) is 5. The van der Waals surface area contributed by atoms with Gasteiger partial charge < -0.3 is 9.88 Å². The number of carbonyl (C=O) groups excluding carboxylic acids is 1. The van der Waals surface area contributed by atoms with E-state index in [1.54, 1.807) is 11.3 Å². The molecular formula is C12H16N4OS2. The number of hydrogen-bond donors (Lipinski definition) is 1. The summed E-state index contributed by atoms with van der Waals surface area (Å²) in [6.45, 7) is 3.89. The highest BCUT2D eigenvalue weighted by Crippen LogP contribution is 2.25. The maximum Gasteiger partial charge on any atom is 0.230 e. The van der Waals surface area contributed by atoms with Crippen LogP contribution in [0.4, 0.5) is 0 Å². The molecule has 2 aromatic rings. The van der Waals surface area contributed by atoms with Crippen LogP contribution < -0.4 is 5.32 Å². The van der Waals surface area contributed by atoms with E-state index in [0.29, 0.717) is 5.75 Å². The van der Waals surface area contributed by atoms with E-state index in [9.17, 15) is 4.79 Å². The molecule has 102 valence electrons. The van der Waals surface area contributed by atoms with Gasteiger partial charge in [-0.2, -0.15) is 0 Å². The van der Waals surface area contributed by atoms with Gasteiger partial charge >= 0.3 is 0 Å². The summed E-state index contributed by atoms with van der Waals surface area (Å²) < 4.78 is 1.92. The lowest BCUT2D eigenvalue weighted by Gasteiger charge is -2.07. The van der Waals surface area contributed by atoms with Crippen molar-refractivity contribution >= 4 is 29.0 Å². The van der Waals surface area contributed by atoms with Gasteiger partial charge in [0.15, 0.2) is 11.0 Å². The summed E-state index contributed by atoms with van der Waals surface area (Å²) in [5.74, 6) is 1.21. The van der Waals surface area contributed by atoms with E-state index in [1.807, 2.05) is 43.0 Å². The van der Waals surface area contributed by atoms with Crippen molar-refractivity contribution in [2.45, 2.75) is 25.0 Å². The van der Waals surface area contributed by atoms with E-state index >= 15 is 0 Å². The number of amides is 1. The molecule has 2 rings (SSSR count). The molecule has 1 N–H and O–H groups in total. The number of nitrogens with one attached hydrogen (secondary N) is 1. The Balaban J connectivity index is 2.01. The van der Waals surface area contributed by atoms with E-state index in [0.717, 1.165) is 15.9 Å². The molecule has 0 fully saturated rings. The van der Waals surface area contributed by atoms with Crippen LogP contribution in [-0.2, 0) is 11.8 Å². The summed E-state index contributed by atoms with van der Waals surface area (Å²) in [6, 6.07) is 4.15. The van der Waals surface area contributed by atoms with Crippen LogP contribution in [0.1, 0.15) is 13.8 Å². The highest BCUT2D eigenvalue weighted by molar-refractivity contribution is 7.99. The first kappa shape index (κ1) is 14.1. The SMILES string of the molecule is CC(C)NC(=O)CSc1nnc(-c2cccs2)n1C. The Morgan fingerprint density at radius 1 is 1.53 bits per heavy atom. The highest BCUT2D eigenvalue weighted by Gasteiger charge is 2.13.